The van der Waals surface area contributed by atoms with Gasteiger partial charge in [0.1, 0.15) is 0 Å². The predicted octanol–water partition coefficient (Wildman–Crippen LogP) is 2.43. The molecule has 3 N–H and O–H groups in total. The first kappa shape index (κ1) is 12.2. The van der Waals surface area contributed by atoms with Gasteiger partial charge in [0.15, 0.2) is 0 Å². The Morgan fingerprint density at radius 2 is 2.27 bits per heavy atom. The lowest BCUT2D eigenvalue weighted by Crippen LogP contribution is -2.24. The lowest BCUT2D eigenvalue weighted by molar-refractivity contribution is -0.116. The third-order valence-corrected chi connectivity index (χ3v) is 2.46. The Balaban J connectivity index is 2.68. The van der Waals surface area contributed by atoms with Crippen LogP contribution in [0.15, 0.2) is 22.7 Å². The van der Waals surface area contributed by atoms with Gasteiger partial charge in [-0.25, -0.2) is 0 Å². The normalized spacial score (nSPS) is 12.3. The number of hydrogen-bond acceptors (Lipinski definition) is 2. The Bertz CT molecular complexity index is 364. The van der Waals surface area contributed by atoms with Crippen molar-refractivity contribution >= 4 is 27.5 Å². The zero-order valence-corrected chi connectivity index (χ0v) is 10.5. The van der Waals surface area contributed by atoms with Crippen molar-refractivity contribution in [3.63, 3.8) is 0 Å². The molecule has 1 aromatic carbocycles. The summed E-state index contributed by atoms with van der Waals surface area (Å²) < 4.78 is 1.00. The fraction of sp³-hybridized carbons (Fsp3) is 0.364. The number of benzene rings is 1. The van der Waals surface area contributed by atoms with E-state index in [9.17, 15) is 4.79 Å². The molecule has 1 unspecified atom stereocenters. The van der Waals surface area contributed by atoms with Gasteiger partial charge >= 0.3 is 0 Å². The first-order valence-electron chi connectivity index (χ1n) is 4.80. The molecule has 0 aliphatic rings. The van der Waals surface area contributed by atoms with E-state index in [-0.39, 0.29) is 11.9 Å². The van der Waals surface area contributed by atoms with E-state index in [4.69, 9.17) is 5.73 Å². The highest BCUT2D eigenvalue weighted by molar-refractivity contribution is 9.10. The van der Waals surface area contributed by atoms with Crippen molar-refractivity contribution in [2.75, 3.05) is 5.32 Å². The Morgan fingerprint density at radius 1 is 1.60 bits per heavy atom. The average Bonchev–Trinajstić information content (AvgIpc) is 2.08. The highest BCUT2D eigenvalue weighted by atomic mass is 79.9. The number of anilines is 1. The molecule has 4 heteroatoms. The van der Waals surface area contributed by atoms with E-state index in [1.165, 1.54) is 0 Å². The van der Waals surface area contributed by atoms with Gasteiger partial charge < -0.3 is 11.1 Å². The van der Waals surface area contributed by atoms with Gasteiger partial charge in [-0.1, -0.05) is 15.9 Å². The van der Waals surface area contributed by atoms with Crippen LogP contribution >= 0.6 is 15.9 Å². The van der Waals surface area contributed by atoms with Crippen molar-refractivity contribution in [3.05, 3.63) is 28.2 Å². The van der Waals surface area contributed by atoms with Crippen LogP contribution in [0, 0.1) is 6.92 Å². The molecule has 0 saturated heterocycles. The van der Waals surface area contributed by atoms with Crippen molar-refractivity contribution in [1.29, 1.82) is 0 Å². The maximum Gasteiger partial charge on any atom is 0.225 e. The first-order valence-corrected chi connectivity index (χ1v) is 5.60. The van der Waals surface area contributed by atoms with Gasteiger partial charge in [0.2, 0.25) is 5.91 Å². The second-order valence-corrected chi connectivity index (χ2v) is 4.60. The third kappa shape index (κ3) is 4.01. The van der Waals surface area contributed by atoms with E-state index in [2.05, 4.69) is 21.2 Å². The van der Waals surface area contributed by atoms with Crippen molar-refractivity contribution in [2.45, 2.75) is 26.3 Å². The molecular weight excluding hydrogens is 256 g/mol. The van der Waals surface area contributed by atoms with E-state index in [1.807, 2.05) is 32.0 Å². The smallest absolute Gasteiger partial charge is 0.225 e. The quantitative estimate of drug-likeness (QED) is 0.887. The molecule has 0 aliphatic carbocycles. The molecule has 82 valence electrons. The van der Waals surface area contributed by atoms with Crippen LogP contribution in [-0.4, -0.2) is 11.9 Å². The van der Waals surface area contributed by atoms with Crippen molar-refractivity contribution in [1.82, 2.24) is 0 Å². The zero-order chi connectivity index (χ0) is 11.4. The summed E-state index contributed by atoms with van der Waals surface area (Å²) in [7, 11) is 0. The maximum absolute atomic E-state index is 11.5. The largest absolute Gasteiger partial charge is 0.327 e. The van der Waals surface area contributed by atoms with Crippen LogP contribution < -0.4 is 11.1 Å². The van der Waals surface area contributed by atoms with Crippen LogP contribution in [0.4, 0.5) is 5.69 Å². The number of aryl methyl sites for hydroxylation is 1. The third-order valence-electron chi connectivity index (χ3n) is 1.97. The second kappa shape index (κ2) is 5.28. The zero-order valence-electron chi connectivity index (χ0n) is 8.88. The van der Waals surface area contributed by atoms with Gasteiger partial charge in [0.05, 0.1) is 0 Å². The molecule has 1 aromatic rings. The molecule has 0 aliphatic heterocycles. The van der Waals surface area contributed by atoms with Crippen LogP contribution in [0.2, 0.25) is 0 Å². The monoisotopic (exact) mass is 270 g/mol. The highest BCUT2D eigenvalue weighted by Gasteiger charge is 2.06. The summed E-state index contributed by atoms with van der Waals surface area (Å²) in [5, 5.41) is 2.83. The summed E-state index contributed by atoms with van der Waals surface area (Å²) in [6, 6.07) is 5.62. The fourth-order valence-electron chi connectivity index (χ4n) is 1.26. The Kier molecular flexibility index (Phi) is 4.29. The molecule has 3 nitrogen and oxygen atoms in total. The Morgan fingerprint density at radius 3 is 2.80 bits per heavy atom. The molecule has 1 atom stereocenters. The molecule has 0 fully saturated rings. The van der Waals surface area contributed by atoms with Crippen LogP contribution in [0.25, 0.3) is 0 Å². The van der Waals surface area contributed by atoms with E-state index < -0.39 is 0 Å². The first-order chi connectivity index (χ1) is 6.99. The number of hydrogen-bond donors (Lipinski definition) is 2. The lowest BCUT2D eigenvalue weighted by Gasteiger charge is -2.09. The molecular formula is C11H15BrN2O. The van der Waals surface area contributed by atoms with Gasteiger partial charge in [0.25, 0.3) is 0 Å². The summed E-state index contributed by atoms with van der Waals surface area (Å²) in [6.07, 6.45) is 0.343. The molecule has 0 saturated carbocycles. The number of amides is 1. The van der Waals surface area contributed by atoms with E-state index >= 15 is 0 Å². The molecule has 15 heavy (non-hydrogen) atoms. The fourth-order valence-corrected chi connectivity index (χ4v) is 1.74. The highest BCUT2D eigenvalue weighted by Crippen LogP contribution is 2.20. The average molecular weight is 271 g/mol. The minimum atomic E-state index is -0.110. The van der Waals surface area contributed by atoms with Gasteiger partial charge in [-0.2, -0.15) is 0 Å². The molecule has 0 bridgehead atoms. The number of carbonyl (C=O) groups is 1. The molecule has 0 heterocycles. The summed E-state index contributed by atoms with van der Waals surface area (Å²) in [4.78, 5) is 11.5. The summed E-state index contributed by atoms with van der Waals surface area (Å²) in [5.74, 6) is -0.0459. The topological polar surface area (TPSA) is 55.1 Å². The van der Waals surface area contributed by atoms with Crippen molar-refractivity contribution in [2.24, 2.45) is 5.73 Å². The minimum absolute atomic E-state index is 0.0459. The van der Waals surface area contributed by atoms with Crippen LogP contribution in [0.5, 0.6) is 0 Å². The summed E-state index contributed by atoms with van der Waals surface area (Å²) >= 11 is 3.37. The van der Waals surface area contributed by atoms with Crippen LogP contribution in [-0.2, 0) is 4.79 Å². The summed E-state index contributed by atoms with van der Waals surface area (Å²) in [5.41, 5.74) is 7.41. The Hall–Kier alpha value is -0.870. The van der Waals surface area contributed by atoms with Gasteiger partial charge in [0, 0.05) is 22.6 Å². The molecule has 1 rings (SSSR count). The van der Waals surface area contributed by atoms with Crippen LogP contribution in [0.1, 0.15) is 18.9 Å². The van der Waals surface area contributed by atoms with Gasteiger partial charge in [-0.15, -0.1) is 0 Å². The van der Waals surface area contributed by atoms with E-state index in [0.717, 1.165) is 15.7 Å². The number of halogens is 1. The molecule has 0 aromatic heterocycles. The molecule has 0 spiro atoms. The van der Waals surface area contributed by atoms with Crippen molar-refractivity contribution < 1.29 is 4.79 Å². The van der Waals surface area contributed by atoms with E-state index in [0.29, 0.717) is 6.42 Å². The SMILES string of the molecule is Cc1cc(Br)ccc1NC(=O)CC(C)N. The maximum atomic E-state index is 11.5. The van der Waals surface area contributed by atoms with Crippen molar-refractivity contribution in [3.8, 4) is 0 Å². The number of nitrogens with two attached hydrogens (primary N) is 1. The van der Waals surface area contributed by atoms with Gasteiger partial charge in [-0.3, -0.25) is 4.79 Å². The van der Waals surface area contributed by atoms with Crippen LogP contribution in [0.3, 0.4) is 0 Å². The number of nitrogens with one attached hydrogen (secondary N) is 1. The Labute approximate surface area is 98.2 Å². The standard InChI is InChI=1S/C11H15BrN2O/c1-7-5-9(12)3-4-10(7)14-11(15)6-8(2)13/h3-5,8H,6,13H2,1-2H3,(H,14,15). The lowest BCUT2D eigenvalue weighted by atomic mass is 10.2. The second-order valence-electron chi connectivity index (χ2n) is 3.69. The molecule has 0 radical (unpaired) electrons. The van der Waals surface area contributed by atoms with E-state index in [1.54, 1.807) is 0 Å². The van der Waals surface area contributed by atoms with Gasteiger partial charge in [-0.05, 0) is 37.6 Å². The number of rotatable bonds is 3. The number of carbonyl (C=O) groups excluding carboxylic acids is 1. The summed E-state index contributed by atoms with van der Waals surface area (Å²) in [6.45, 7) is 3.76. The minimum Gasteiger partial charge on any atom is -0.327 e. The predicted molar refractivity (Wildman–Crippen MR) is 65.8 cm³/mol. The molecule has 1 amide bonds.